The van der Waals surface area contributed by atoms with Gasteiger partial charge in [0.25, 0.3) is 0 Å². The van der Waals surface area contributed by atoms with Crippen LogP contribution in [0.5, 0.6) is 0 Å². The van der Waals surface area contributed by atoms with Crippen LogP contribution in [0.3, 0.4) is 0 Å². The van der Waals surface area contributed by atoms with Crippen molar-refractivity contribution in [2.75, 3.05) is 19.6 Å². The van der Waals surface area contributed by atoms with E-state index in [-0.39, 0.29) is 6.10 Å². The summed E-state index contributed by atoms with van der Waals surface area (Å²) in [6.45, 7) is 5.98. The van der Waals surface area contributed by atoms with Gasteiger partial charge in [0.15, 0.2) is 0 Å². The van der Waals surface area contributed by atoms with E-state index in [4.69, 9.17) is 0 Å². The van der Waals surface area contributed by atoms with E-state index in [1.54, 1.807) is 0 Å². The smallest absolute Gasteiger partial charge is 0.0580 e. The van der Waals surface area contributed by atoms with Crippen molar-refractivity contribution >= 4 is 0 Å². The third-order valence-electron chi connectivity index (χ3n) is 3.72. The predicted molar refractivity (Wildman–Crippen MR) is 53.6 cm³/mol. The molecular formula is C11H21NO. The van der Waals surface area contributed by atoms with E-state index in [1.165, 1.54) is 32.4 Å². The Hall–Kier alpha value is -0.0800. The average Bonchev–Trinajstić information content (AvgIpc) is 2.43. The molecule has 2 heteroatoms. The quantitative estimate of drug-likeness (QED) is 0.716. The summed E-state index contributed by atoms with van der Waals surface area (Å²) in [6, 6.07) is 0. The fourth-order valence-electron chi connectivity index (χ4n) is 2.65. The Morgan fingerprint density at radius 1 is 1.31 bits per heavy atom. The molecule has 1 aliphatic carbocycles. The number of aliphatic hydroxyl groups is 1. The summed E-state index contributed by atoms with van der Waals surface area (Å²) in [5.41, 5.74) is 0. The minimum absolute atomic E-state index is 0.000626. The standard InChI is InChI=1S/C11H21NO/c1-2-9-6-12(7-9)8-10-4-3-5-11(10)13/h9-11,13H,2-8H2,1H3. The van der Waals surface area contributed by atoms with Crippen molar-refractivity contribution in [2.45, 2.75) is 38.7 Å². The lowest BCUT2D eigenvalue weighted by Gasteiger charge is -2.40. The fourth-order valence-corrected chi connectivity index (χ4v) is 2.65. The first-order valence-electron chi connectivity index (χ1n) is 5.70. The summed E-state index contributed by atoms with van der Waals surface area (Å²) < 4.78 is 0. The van der Waals surface area contributed by atoms with Crippen LogP contribution in [0.2, 0.25) is 0 Å². The molecule has 0 bridgehead atoms. The number of nitrogens with zero attached hydrogens (tertiary/aromatic N) is 1. The summed E-state index contributed by atoms with van der Waals surface area (Å²) in [7, 11) is 0. The fraction of sp³-hybridized carbons (Fsp3) is 1.00. The van der Waals surface area contributed by atoms with Gasteiger partial charge in [-0.15, -0.1) is 0 Å². The zero-order chi connectivity index (χ0) is 9.26. The molecule has 0 aromatic carbocycles. The molecule has 0 aromatic rings. The maximum absolute atomic E-state index is 9.65. The summed E-state index contributed by atoms with van der Waals surface area (Å²) in [4.78, 5) is 2.51. The second-order valence-corrected chi connectivity index (χ2v) is 4.75. The van der Waals surface area contributed by atoms with Crippen LogP contribution in [-0.4, -0.2) is 35.7 Å². The van der Waals surface area contributed by atoms with Gasteiger partial charge in [-0.2, -0.15) is 0 Å². The molecule has 2 rings (SSSR count). The van der Waals surface area contributed by atoms with Gasteiger partial charge in [-0.05, 0) is 24.7 Å². The van der Waals surface area contributed by atoms with Crippen molar-refractivity contribution in [3.05, 3.63) is 0 Å². The molecule has 1 saturated carbocycles. The molecule has 0 spiro atoms. The van der Waals surface area contributed by atoms with Crippen molar-refractivity contribution < 1.29 is 5.11 Å². The number of aliphatic hydroxyl groups excluding tert-OH is 1. The maximum Gasteiger partial charge on any atom is 0.0580 e. The predicted octanol–water partition coefficient (Wildman–Crippen LogP) is 1.49. The van der Waals surface area contributed by atoms with Crippen LogP contribution in [0.1, 0.15) is 32.6 Å². The Bertz CT molecular complexity index is 165. The Morgan fingerprint density at radius 3 is 2.62 bits per heavy atom. The van der Waals surface area contributed by atoms with Crippen molar-refractivity contribution in [1.29, 1.82) is 0 Å². The topological polar surface area (TPSA) is 23.5 Å². The van der Waals surface area contributed by atoms with Gasteiger partial charge in [-0.3, -0.25) is 0 Å². The van der Waals surface area contributed by atoms with Crippen LogP contribution < -0.4 is 0 Å². The summed E-state index contributed by atoms with van der Waals surface area (Å²) in [6.07, 6.45) is 4.84. The molecule has 13 heavy (non-hydrogen) atoms. The highest BCUT2D eigenvalue weighted by Gasteiger charge is 2.31. The third kappa shape index (κ3) is 2.05. The lowest BCUT2D eigenvalue weighted by Crippen LogP contribution is -2.49. The minimum atomic E-state index is 0.000626. The Balaban J connectivity index is 1.68. The van der Waals surface area contributed by atoms with Crippen LogP contribution >= 0.6 is 0 Å². The van der Waals surface area contributed by atoms with Crippen molar-refractivity contribution in [3.8, 4) is 0 Å². The van der Waals surface area contributed by atoms with E-state index in [1.807, 2.05) is 0 Å². The lowest BCUT2D eigenvalue weighted by atomic mass is 9.94. The number of hydrogen-bond acceptors (Lipinski definition) is 2. The first kappa shape index (κ1) is 9.47. The van der Waals surface area contributed by atoms with Gasteiger partial charge in [0, 0.05) is 19.6 Å². The van der Waals surface area contributed by atoms with Crippen LogP contribution in [0, 0.1) is 11.8 Å². The molecule has 1 N–H and O–H groups in total. The molecule has 2 fully saturated rings. The van der Waals surface area contributed by atoms with Crippen LogP contribution in [-0.2, 0) is 0 Å². The van der Waals surface area contributed by atoms with E-state index in [0.717, 1.165) is 18.9 Å². The molecule has 1 heterocycles. The SMILES string of the molecule is CCC1CN(CC2CCCC2O)C1. The van der Waals surface area contributed by atoms with E-state index in [2.05, 4.69) is 11.8 Å². The van der Waals surface area contributed by atoms with Crippen LogP contribution in [0.15, 0.2) is 0 Å². The Labute approximate surface area is 80.9 Å². The van der Waals surface area contributed by atoms with Gasteiger partial charge in [0.05, 0.1) is 6.10 Å². The highest BCUT2D eigenvalue weighted by Crippen LogP contribution is 2.29. The molecule has 76 valence electrons. The minimum Gasteiger partial charge on any atom is -0.393 e. The molecule has 1 aliphatic heterocycles. The lowest BCUT2D eigenvalue weighted by molar-refractivity contribution is 0.0442. The molecule has 2 nitrogen and oxygen atoms in total. The highest BCUT2D eigenvalue weighted by atomic mass is 16.3. The van der Waals surface area contributed by atoms with Crippen LogP contribution in [0.25, 0.3) is 0 Å². The summed E-state index contributed by atoms with van der Waals surface area (Å²) >= 11 is 0. The van der Waals surface area contributed by atoms with Gasteiger partial charge in [-0.25, -0.2) is 0 Å². The largest absolute Gasteiger partial charge is 0.393 e. The van der Waals surface area contributed by atoms with E-state index >= 15 is 0 Å². The average molecular weight is 183 g/mol. The maximum atomic E-state index is 9.65. The van der Waals surface area contributed by atoms with Crippen molar-refractivity contribution in [2.24, 2.45) is 11.8 Å². The molecule has 0 radical (unpaired) electrons. The van der Waals surface area contributed by atoms with Gasteiger partial charge >= 0.3 is 0 Å². The number of likely N-dealkylation sites (tertiary alicyclic amines) is 1. The molecular weight excluding hydrogens is 162 g/mol. The second-order valence-electron chi connectivity index (χ2n) is 4.75. The Morgan fingerprint density at radius 2 is 2.08 bits per heavy atom. The van der Waals surface area contributed by atoms with Crippen molar-refractivity contribution in [1.82, 2.24) is 4.90 Å². The van der Waals surface area contributed by atoms with E-state index < -0.39 is 0 Å². The molecule has 0 aromatic heterocycles. The number of rotatable bonds is 3. The van der Waals surface area contributed by atoms with Gasteiger partial charge in [0.1, 0.15) is 0 Å². The monoisotopic (exact) mass is 183 g/mol. The first-order chi connectivity index (χ1) is 6.29. The molecule has 2 aliphatic rings. The molecule has 2 unspecified atom stereocenters. The van der Waals surface area contributed by atoms with Crippen molar-refractivity contribution in [3.63, 3.8) is 0 Å². The number of hydrogen-bond donors (Lipinski definition) is 1. The first-order valence-corrected chi connectivity index (χ1v) is 5.70. The van der Waals surface area contributed by atoms with Gasteiger partial charge in [-0.1, -0.05) is 19.8 Å². The Kier molecular flexibility index (Phi) is 2.89. The van der Waals surface area contributed by atoms with Gasteiger partial charge < -0.3 is 10.0 Å². The zero-order valence-corrected chi connectivity index (χ0v) is 8.58. The van der Waals surface area contributed by atoms with E-state index in [0.29, 0.717) is 5.92 Å². The second kappa shape index (κ2) is 3.97. The third-order valence-corrected chi connectivity index (χ3v) is 3.72. The van der Waals surface area contributed by atoms with E-state index in [9.17, 15) is 5.11 Å². The summed E-state index contributed by atoms with van der Waals surface area (Å²) in [5, 5.41) is 9.65. The van der Waals surface area contributed by atoms with Gasteiger partial charge in [0.2, 0.25) is 0 Å². The van der Waals surface area contributed by atoms with Crippen LogP contribution in [0.4, 0.5) is 0 Å². The molecule has 2 atom stereocenters. The molecule has 1 saturated heterocycles. The zero-order valence-electron chi connectivity index (χ0n) is 8.58. The summed E-state index contributed by atoms with van der Waals surface area (Å²) in [5.74, 6) is 1.52. The normalized spacial score (nSPS) is 36.5. The molecule has 0 amide bonds. The highest BCUT2D eigenvalue weighted by molar-refractivity contribution is 4.85.